The van der Waals surface area contributed by atoms with E-state index < -0.39 is 11.9 Å². The molecule has 0 unspecified atom stereocenters. The summed E-state index contributed by atoms with van der Waals surface area (Å²) in [6, 6.07) is 3.21. The number of urea groups is 1. The number of piperazine rings is 1. The highest BCUT2D eigenvalue weighted by atomic mass is 16.4. The predicted octanol–water partition coefficient (Wildman–Crippen LogP) is 0.943. The van der Waals surface area contributed by atoms with Crippen LogP contribution >= 0.6 is 0 Å². The van der Waals surface area contributed by atoms with Gasteiger partial charge in [0.2, 0.25) is 17.4 Å². The Labute approximate surface area is 168 Å². The summed E-state index contributed by atoms with van der Waals surface area (Å²) in [6.45, 7) is 7.08. The van der Waals surface area contributed by atoms with Crippen molar-refractivity contribution < 1.29 is 18.8 Å². The van der Waals surface area contributed by atoms with E-state index in [4.69, 9.17) is 10.2 Å². The molecule has 2 aromatic rings. The first kappa shape index (κ1) is 20.6. The van der Waals surface area contributed by atoms with Gasteiger partial charge in [0.15, 0.2) is 0 Å². The minimum atomic E-state index is -0.819. The van der Waals surface area contributed by atoms with Crippen LogP contribution in [0.1, 0.15) is 24.4 Å². The summed E-state index contributed by atoms with van der Waals surface area (Å²) in [4.78, 5) is 46.2. The van der Waals surface area contributed by atoms with Gasteiger partial charge in [0.1, 0.15) is 12.2 Å². The van der Waals surface area contributed by atoms with Crippen molar-refractivity contribution in [1.29, 1.82) is 0 Å². The van der Waals surface area contributed by atoms with E-state index in [2.05, 4.69) is 29.0 Å². The Bertz CT molecular complexity index is 917. The molecule has 1 fully saturated rings. The summed E-state index contributed by atoms with van der Waals surface area (Å²) < 4.78 is 5.35. The second-order valence-electron chi connectivity index (χ2n) is 7.32. The van der Waals surface area contributed by atoms with Gasteiger partial charge in [-0.25, -0.2) is 9.78 Å². The van der Waals surface area contributed by atoms with Crippen LogP contribution in [-0.2, 0) is 4.79 Å². The van der Waals surface area contributed by atoms with E-state index in [9.17, 15) is 14.4 Å². The molecule has 1 aliphatic heterocycles. The van der Waals surface area contributed by atoms with Crippen LogP contribution in [0.2, 0.25) is 0 Å². The van der Waals surface area contributed by atoms with E-state index in [0.717, 1.165) is 13.1 Å². The van der Waals surface area contributed by atoms with Gasteiger partial charge < -0.3 is 25.3 Å². The number of nitrogens with one attached hydrogen (secondary N) is 1. The highest BCUT2D eigenvalue weighted by Gasteiger charge is 2.26. The molecule has 4 amide bonds. The van der Waals surface area contributed by atoms with Crippen LogP contribution in [0.5, 0.6) is 0 Å². The molecule has 0 spiro atoms. The number of anilines is 1. The van der Waals surface area contributed by atoms with Crippen LogP contribution in [-0.4, -0.2) is 83.3 Å². The van der Waals surface area contributed by atoms with E-state index in [-0.39, 0.29) is 29.6 Å². The van der Waals surface area contributed by atoms with E-state index in [1.54, 1.807) is 17.0 Å². The molecule has 0 radical (unpaired) electrons. The topological polar surface area (TPSA) is 125 Å². The normalized spacial score (nSPS) is 15.0. The maximum atomic E-state index is 12.6. The molecule has 1 saturated heterocycles. The zero-order valence-corrected chi connectivity index (χ0v) is 16.8. The van der Waals surface area contributed by atoms with Crippen molar-refractivity contribution in [3.63, 3.8) is 0 Å². The number of carbonyl (C=O) groups is 3. The third kappa shape index (κ3) is 4.48. The molecule has 3 heterocycles. The van der Waals surface area contributed by atoms with Crippen LogP contribution in [0, 0.1) is 0 Å². The standard InChI is InChI=1S/C19H26N6O4/c1-12(2)24-7-9-25(10-8-24)14(26)11-23(3)19(28)22-15-13-5-4-6-21-18(13)29-16(15)17(20)27/h4-6,12H,7-11H2,1-3H3,(H2,20,27)(H,22,28). The molecule has 29 heavy (non-hydrogen) atoms. The molecule has 0 saturated carbocycles. The molecule has 3 N–H and O–H groups in total. The fraction of sp³-hybridized carbons (Fsp3) is 0.474. The highest BCUT2D eigenvalue weighted by molar-refractivity contribution is 6.09. The number of nitrogens with zero attached hydrogens (tertiary/aromatic N) is 4. The van der Waals surface area contributed by atoms with Crippen molar-refractivity contribution in [2.75, 3.05) is 45.1 Å². The first-order chi connectivity index (χ1) is 13.8. The van der Waals surface area contributed by atoms with Crippen molar-refractivity contribution in [2.45, 2.75) is 19.9 Å². The Hall–Kier alpha value is -3.14. The lowest BCUT2D eigenvalue weighted by Crippen LogP contribution is -2.53. The predicted molar refractivity (Wildman–Crippen MR) is 107 cm³/mol. The number of nitrogens with two attached hydrogens (primary N) is 1. The first-order valence-electron chi connectivity index (χ1n) is 9.49. The number of hydrogen-bond acceptors (Lipinski definition) is 6. The number of carbonyl (C=O) groups excluding carboxylic acids is 3. The summed E-state index contributed by atoms with van der Waals surface area (Å²) >= 11 is 0. The van der Waals surface area contributed by atoms with Crippen molar-refractivity contribution in [1.82, 2.24) is 19.7 Å². The van der Waals surface area contributed by atoms with Crippen LogP contribution in [0.15, 0.2) is 22.7 Å². The lowest BCUT2D eigenvalue weighted by molar-refractivity contribution is -0.133. The van der Waals surface area contributed by atoms with Crippen LogP contribution in [0.4, 0.5) is 10.5 Å². The fourth-order valence-corrected chi connectivity index (χ4v) is 3.29. The second kappa shape index (κ2) is 8.48. The number of primary amides is 1. The first-order valence-corrected chi connectivity index (χ1v) is 9.49. The SMILES string of the molecule is CC(C)N1CCN(C(=O)CN(C)C(=O)Nc2c(C(N)=O)oc3ncccc23)CC1. The molecule has 10 nitrogen and oxygen atoms in total. The quantitative estimate of drug-likeness (QED) is 0.767. The monoisotopic (exact) mass is 402 g/mol. The molecule has 0 aromatic carbocycles. The Morgan fingerprint density at radius 2 is 1.97 bits per heavy atom. The zero-order chi connectivity index (χ0) is 21.1. The van der Waals surface area contributed by atoms with Gasteiger partial charge >= 0.3 is 6.03 Å². The van der Waals surface area contributed by atoms with Gasteiger partial charge in [0, 0.05) is 45.5 Å². The number of furan rings is 1. The third-order valence-corrected chi connectivity index (χ3v) is 5.04. The zero-order valence-electron chi connectivity index (χ0n) is 16.8. The van der Waals surface area contributed by atoms with Crippen molar-refractivity contribution >= 4 is 34.6 Å². The number of aromatic nitrogens is 1. The summed E-state index contributed by atoms with van der Waals surface area (Å²) in [6.07, 6.45) is 1.51. The number of likely N-dealkylation sites (N-methyl/N-ethyl adjacent to an activating group) is 1. The smallest absolute Gasteiger partial charge is 0.322 e. The molecule has 10 heteroatoms. The van der Waals surface area contributed by atoms with Crippen LogP contribution in [0.25, 0.3) is 11.1 Å². The largest absolute Gasteiger partial charge is 0.430 e. The summed E-state index contributed by atoms with van der Waals surface area (Å²) in [5.41, 5.74) is 5.69. The Morgan fingerprint density at radius 1 is 1.28 bits per heavy atom. The van der Waals surface area contributed by atoms with Crippen LogP contribution < -0.4 is 11.1 Å². The van der Waals surface area contributed by atoms with Gasteiger partial charge in [-0.05, 0) is 26.0 Å². The van der Waals surface area contributed by atoms with Gasteiger partial charge in [0.25, 0.3) is 5.91 Å². The van der Waals surface area contributed by atoms with E-state index in [1.807, 2.05) is 0 Å². The average molecular weight is 402 g/mol. The Kier molecular flexibility index (Phi) is 6.02. The third-order valence-electron chi connectivity index (χ3n) is 5.04. The Morgan fingerprint density at radius 3 is 2.59 bits per heavy atom. The number of pyridine rings is 1. The summed E-state index contributed by atoms with van der Waals surface area (Å²) in [5.74, 6) is -1.13. The minimum Gasteiger partial charge on any atom is -0.430 e. The molecule has 3 rings (SSSR count). The Balaban J connectivity index is 1.64. The minimum absolute atomic E-state index is 0.0759. The molecule has 0 atom stereocenters. The molecular weight excluding hydrogens is 376 g/mol. The van der Waals surface area contributed by atoms with Gasteiger partial charge in [-0.2, -0.15) is 0 Å². The van der Waals surface area contributed by atoms with E-state index >= 15 is 0 Å². The molecule has 156 valence electrons. The van der Waals surface area contributed by atoms with E-state index in [0.29, 0.717) is 24.5 Å². The maximum Gasteiger partial charge on any atom is 0.322 e. The molecule has 0 bridgehead atoms. The lowest BCUT2D eigenvalue weighted by Gasteiger charge is -2.37. The summed E-state index contributed by atoms with van der Waals surface area (Å²) in [5, 5.41) is 3.08. The molecule has 2 aromatic heterocycles. The highest BCUT2D eigenvalue weighted by Crippen LogP contribution is 2.29. The molecule has 1 aliphatic rings. The number of fused-ring (bicyclic) bond motifs is 1. The number of amides is 4. The van der Waals surface area contributed by atoms with Gasteiger partial charge in [0.05, 0.1) is 5.39 Å². The number of rotatable bonds is 5. The maximum absolute atomic E-state index is 12.6. The molecular formula is C19H26N6O4. The molecule has 0 aliphatic carbocycles. The van der Waals surface area contributed by atoms with Crippen molar-refractivity contribution in [3.8, 4) is 0 Å². The van der Waals surface area contributed by atoms with Crippen molar-refractivity contribution in [2.24, 2.45) is 5.73 Å². The van der Waals surface area contributed by atoms with Gasteiger partial charge in [-0.1, -0.05) is 0 Å². The average Bonchev–Trinajstić information content (AvgIpc) is 3.06. The number of hydrogen-bond donors (Lipinski definition) is 2. The fourth-order valence-electron chi connectivity index (χ4n) is 3.29. The van der Waals surface area contributed by atoms with Crippen LogP contribution in [0.3, 0.4) is 0 Å². The van der Waals surface area contributed by atoms with Gasteiger partial charge in [-0.15, -0.1) is 0 Å². The lowest BCUT2D eigenvalue weighted by atomic mass is 10.2. The second-order valence-corrected chi connectivity index (χ2v) is 7.32. The van der Waals surface area contributed by atoms with Gasteiger partial charge in [-0.3, -0.25) is 14.5 Å². The summed E-state index contributed by atoms with van der Waals surface area (Å²) in [7, 11) is 1.52. The van der Waals surface area contributed by atoms with E-state index in [1.165, 1.54) is 18.1 Å². The van der Waals surface area contributed by atoms with Crippen molar-refractivity contribution in [3.05, 3.63) is 24.1 Å².